The van der Waals surface area contributed by atoms with Gasteiger partial charge in [0.15, 0.2) is 0 Å². The summed E-state index contributed by atoms with van der Waals surface area (Å²) in [5.41, 5.74) is -0.515. The summed E-state index contributed by atoms with van der Waals surface area (Å²) >= 11 is 0. The molecule has 0 bridgehead atoms. The van der Waals surface area contributed by atoms with Gasteiger partial charge in [-0.15, -0.1) is 3.89 Å². The monoisotopic (exact) mass is 210 g/mol. The summed E-state index contributed by atoms with van der Waals surface area (Å²) in [6.07, 6.45) is -2.80. The van der Waals surface area contributed by atoms with Crippen molar-refractivity contribution in [3.63, 3.8) is 0 Å². The van der Waals surface area contributed by atoms with Crippen LogP contribution in [0.25, 0.3) is 0 Å². The molecule has 0 spiro atoms. The fraction of sp³-hybridized carbons (Fsp3) is 0.143. The Labute approximate surface area is 73.2 Å². The molecule has 0 amide bonds. The van der Waals surface area contributed by atoms with E-state index in [4.69, 9.17) is 0 Å². The van der Waals surface area contributed by atoms with Crippen LogP contribution in [-0.2, 0) is 10.2 Å². The van der Waals surface area contributed by atoms with Crippen LogP contribution in [0.3, 0.4) is 0 Å². The van der Waals surface area contributed by atoms with Crippen LogP contribution in [0.5, 0.6) is 0 Å². The topological polar surface area (TPSA) is 34.1 Å². The summed E-state index contributed by atoms with van der Waals surface area (Å²) in [6.45, 7) is 0. The van der Waals surface area contributed by atoms with Gasteiger partial charge in [-0.3, -0.25) is 0 Å². The number of alkyl halides is 2. The van der Waals surface area contributed by atoms with Crippen LogP contribution in [0.2, 0.25) is 0 Å². The van der Waals surface area contributed by atoms with Crippen LogP contribution in [0, 0.1) is 0 Å². The SMILES string of the molecule is O=S(=O)(F)c1cccc(C(F)F)c1. The van der Waals surface area contributed by atoms with Gasteiger partial charge in [-0.05, 0) is 12.1 Å². The molecule has 0 N–H and O–H groups in total. The Kier molecular flexibility index (Phi) is 2.60. The molecule has 1 rings (SSSR count). The van der Waals surface area contributed by atoms with E-state index in [0.717, 1.165) is 18.2 Å². The molecule has 6 heteroatoms. The van der Waals surface area contributed by atoms with Crippen LogP contribution in [-0.4, -0.2) is 8.42 Å². The van der Waals surface area contributed by atoms with E-state index in [-0.39, 0.29) is 0 Å². The van der Waals surface area contributed by atoms with E-state index in [1.165, 1.54) is 0 Å². The maximum atomic E-state index is 12.3. The molecule has 0 fully saturated rings. The van der Waals surface area contributed by atoms with Gasteiger partial charge in [-0.1, -0.05) is 12.1 Å². The Hall–Kier alpha value is -1.04. The van der Waals surface area contributed by atoms with E-state index in [2.05, 4.69) is 0 Å². The Balaban J connectivity index is 3.21. The minimum absolute atomic E-state index is 0.515. The summed E-state index contributed by atoms with van der Waals surface area (Å²) in [5, 5.41) is 0. The van der Waals surface area contributed by atoms with Crippen molar-refractivity contribution in [1.29, 1.82) is 0 Å². The standard InChI is InChI=1S/C7H5F3O2S/c8-7(9)5-2-1-3-6(4-5)13(10,11)12/h1-4,7H. The Bertz CT molecular complexity index is 400. The molecular formula is C7H5F3O2S. The normalized spacial score (nSPS) is 12.0. The number of hydrogen-bond acceptors (Lipinski definition) is 2. The van der Waals surface area contributed by atoms with Crippen LogP contribution in [0.1, 0.15) is 12.0 Å². The largest absolute Gasteiger partial charge is 0.332 e. The van der Waals surface area contributed by atoms with Crippen LogP contribution in [0.15, 0.2) is 29.2 Å². The number of halogens is 3. The number of hydrogen-bond donors (Lipinski definition) is 0. The van der Waals surface area contributed by atoms with Crippen molar-refractivity contribution in [2.24, 2.45) is 0 Å². The molecule has 1 aromatic carbocycles. The molecule has 0 heterocycles. The molecule has 0 aliphatic carbocycles. The number of rotatable bonds is 2. The maximum Gasteiger partial charge on any atom is 0.332 e. The van der Waals surface area contributed by atoms with E-state index in [0.29, 0.717) is 6.07 Å². The number of benzene rings is 1. The first-order chi connectivity index (χ1) is 5.91. The molecule has 2 nitrogen and oxygen atoms in total. The van der Waals surface area contributed by atoms with Crippen molar-refractivity contribution in [3.05, 3.63) is 29.8 Å². The molecule has 0 saturated heterocycles. The second-order valence-electron chi connectivity index (χ2n) is 2.31. The molecule has 0 aromatic heterocycles. The summed E-state index contributed by atoms with van der Waals surface area (Å²) in [5.74, 6) is 0. The van der Waals surface area contributed by atoms with Crippen LogP contribution in [0.4, 0.5) is 12.7 Å². The van der Waals surface area contributed by atoms with E-state index < -0.39 is 27.1 Å². The van der Waals surface area contributed by atoms with Crippen molar-refractivity contribution in [3.8, 4) is 0 Å². The molecule has 0 radical (unpaired) electrons. The Morgan fingerprint density at radius 3 is 2.31 bits per heavy atom. The van der Waals surface area contributed by atoms with Gasteiger partial charge in [0.1, 0.15) is 0 Å². The van der Waals surface area contributed by atoms with Crippen LogP contribution < -0.4 is 0 Å². The van der Waals surface area contributed by atoms with Crippen LogP contribution >= 0.6 is 0 Å². The molecular weight excluding hydrogens is 205 g/mol. The predicted molar refractivity (Wildman–Crippen MR) is 39.7 cm³/mol. The Morgan fingerprint density at radius 2 is 1.85 bits per heavy atom. The zero-order valence-electron chi connectivity index (χ0n) is 6.25. The van der Waals surface area contributed by atoms with Gasteiger partial charge in [0.05, 0.1) is 4.90 Å². The summed E-state index contributed by atoms with van der Waals surface area (Å²) < 4.78 is 56.9. The fourth-order valence-electron chi connectivity index (χ4n) is 0.802. The minimum atomic E-state index is -4.89. The molecule has 1 aromatic rings. The van der Waals surface area contributed by atoms with Crippen molar-refractivity contribution < 1.29 is 21.1 Å². The van der Waals surface area contributed by atoms with Crippen molar-refractivity contribution in [2.75, 3.05) is 0 Å². The second-order valence-corrected chi connectivity index (χ2v) is 3.66. The van der Waals surface area contributed by atoms with E-state index in [1.54, 1.807) is 0 Å². The first-order valence-electron chi connectivity index (χ1n) is 3.24. The Morgan fingerprint density at radius 1 is 1.23 bits per heavy atom. The van der Waals surface area contributed by atoms with Gasteiger partial charge in [0.2, 0.25) is 0 Å². The zero-order valence-corrected chi connectivity index (χ0v) is 7.06. The first-order valence-corrected chi connectivity index (χ1v) is 4.62. The fourth-order valence-corrected chi connectivity index (χ4v) is 1.32. The van der Waals surface area contributed by atoms with E-state index >= 15 is 0 Å². The van der Waals surface area contributed by atoms with Gasteiger partial charge < -0.3 is 0 Å². The second kappa shape index (κ2) is 3.37. The smallest absolute Gasteiger partial charge is 0.205 e. The lowest BCUT2D eigenvalue weighted by Gasteiger charge is -1.99. The van der Waals surface area contributed by atoms with Gasteiger partial charge in [0, 0.05) is 5.56 Å². The zero-order chi connectivity index (χ0) is 10.1. The van der Waals surface area contributed by atoms with Gasteiger partial charge in [0.25, 0.3) is 6.43 Å². The molecule has 0 unspecified atom stereocenters. The molecule has 0 atom stereocenters. The lowest BCUT2D eigenvalue weighted by atomic mass is 10.2. The van der Waals surface area contributed by atoms with Crippen molar-refractivity contribution in [2.45, 2.75) is 11.3 Å². The molecule has 72 valence electrons. The van der Waals surface area contributed by atoms with E-state index in [9.17, 15) is 21.1 Å². The highest BCUT2D eigenvalue weighted by atomic mass is 32.3. The first kappa shape index (κ1) is 10.0. The molecule has 0 aliphatic heterocycles. The summed E-state index contributed by atoms with van der Waals surface area (Å²) in [6, 6.07) is 3.62. The van der Waals surface area contributed by atoms with Gasteiger partial charge in [-0.25, -0.2) is 8.78 Å². The highest BCUT2D eigenvalue weighted by Gasteiger charge is 2.14. The lowest BCUT2D eigenvalue weighted by molar-refractivity contribution is 0.151. The third-order valence-electron chi connectivity index (χ3n) is 1.39. The third-order valence-corrected chi connectivity index (χ3v) is 2.21. The molecule has 0 aliphatic rings. The van der Waals surface area contributed by atoms with Gasteiger partial charge >= 0.3 is 10.2 Å². The molecule has 13 heavy (non-hydrogen) atoms. The average Bonchev–Trinajstić information content (AvgIpc) is 2.03. The average molecular weight is 210 g/mol. The highest BCUT2D eigenvalue weighted by Crippen LogP contribution is 2.22. The summed E-state index contributed by atoms with van der Waals surface area (Å²) in [7, 11) is -4.89. The van der Waals surface area contributed by atoms with Gasteiger partial charge in [-0.2, -0.15) is 8.42 Å². The third kappa shape index (κ3) is 2.45. The van der Waals surface area contributed by atoms with E-state index in [1.807, 2.05) is 0 Å². The predicted octanol–water partition coefficient (Wildman–Crippen LogP) is 2.28. The quantitative estimate of drug-likeness (QED) is 0.702. The minimum Gasteiger partial charge on any atom is -0.205 e. The van der Waals surface area contributed by atoms with Crippen molar-refractivity contribution >= 4 is 10.2 Å². The maximum absolute atomic E-state index is 12.3. The highest BCUT2D eigenvalue weighted by molar-refractivity contribution is 7.86. The van der Waals surface area contributed by atoms with Crippen molar-refractivity contribution in [1.82, 2.24) is 0 Å². The molecule has 0 saturated carbocycles. The summed E-state index contributed by atoms with van der Waals surface area (Å²) in [4.78, 5) is -0.745. The lowest BCUT2D eigenvalue weighted by Crippen LogP contribution is -1.93.